The van der Waals surface area contributed by atoms with Crippen LogP contribution in [0.5, 0.6) is 0 Å². The molecule has 0 fully saturated rings. The number of aromatic amines is 1. The Morgan fingerprint density at radius 2 is 2.26 bits per heavy atom. The van der Waals surface area contributed by atoms with Crippen LogP contribution < -0.4 is 0 Å². The van der Waals surface area contributed by atoms with E-state index in [0.717, 1.165) is 17.0 Å². The van der Waals surface area contributed by atoms with Crippen molar-refractivity contribution in [3.8, 4) is 11.6 Å². The van der Waals surface area contributed by atoms with E-state index in [0.29, 0.717) is 31.1 Å². The summed E-state index contributed by atoms with van der Waals surface area (Å²) >= 11 is 0. The molecule has 3 aromatic rings. The van der Waals surface area contributed by atoms with Gasteiger partial charge in [0.05, 0.1) is 30.5 Å². The Morgan fingerprint density at radius 1 is 1.39 bits per heavy atom. The van der Waals surface area contributed by atoms with Gasteiger partial charge in [-0.25, -0.2) is 4.98 Å². The summed E-state index contributed by atoms with van der Waals surface area (Å²) < 4.78 is 7.22. The molecule has 0 radical (unpaired) electrons. The van der Waals surface area contributed by atoms with E-state index in [2.05, 4.69) is 25.3 Å². The van der Waals surface area contributed by atoms with Crippen molar-refractivity contribution in [2.45, 2.75) is 19.9 Å². The predicted octanol–water partition coefficient (Wildman–Crippen LogP) is 0.700. The largest absolute Gasteiger partial charge is 0.411 e. The first-order valence-corrected chi connectivity index (χ1v) is 7.26. The van der Waals surface area contributed by atoms with Gasteiger partial charge in [-0.2, -0.15) is 5.10 Å². The lowest BCUT2D eigenvalue weighted by molar-refractivity contribution is 0.0692. The summed E-state index contributed by atoms with van der Waals surface area (Å²) in [7, 11) is 1.79. The molecule has 9 heteroatoms. The molecule has 3 aromatic heterocycles. The lowest BCUT2D eigenvalue weighted by Gasteiger charge is -2.24. The second-order valence-corrected chi connectivity index (χ2v) is 5.52. The molecule has 1 amide bonds. The minimum absolute atomic E-state index is 0.0106. The van der Waals surface area contributed by atoms with Gasteiger partial charge in [0.1, 0.15) is 5.69 Å². The van der Waals surface area contributed by atoms with Gasteiger partial charge in [-0.3, -0.25) is 9.48 Å². The second-order valence-electron chi connectivity index (χ2n) is 5.52. The van der Waals surface area contributed by atoms with Gasteiger partial charge in [-0.15, -0.1) is 10.2 Å². The van der Waals surface area contributed by atoms with E-state index in [1.54, 1.807) is 29.2 Å². The molecule has 4 heterocycles. The summed E-state index contributed by atoms with van der Waals surface area (Å²) in [5.41, 5.74) is 3.58. The van der Waals surface area contributed by atoms with Crippen molar-refractivity contribution < 1.29 is 9.21 Å². The zero-order valence-electron chi connectivity index (χ0n) is 12.8. The summed E-state index contributed by atoms with van der Waals surface area (Å²) in [6.07, 6.45) is 4.08. The Bertz CT molecular complexity index is 856. The first-order chi connectivity index (χ1) is 11.1. The van der Waals surface area contributed by atoms with Crippen LogP contribution in [0, 0.1) is 6.92 Å². The zero-order valence-corrected chi connectivity index (χ0v) is 12.8. The van der Waals surface area contributed by atoms with E-state index in [1.807, 2.05) is 6.92 Å². The summed E-state index contributed by atoms with van der Waals surface area (Å²) in [4.78, 5) is 21.5. The first kappa shape index (κ1) is 13.7. The molecule has 0 atom stereocenters. The summed E-state index contributed by atoms with van der Waals surface area (Å²) in [6, 6.07) is 0. The minimum Gasteiger partial charge on any atom is -0.411 e. The molecule has 0 saturated carbocycles. The van der Waals surface area contributed by atoms with Gasteiger partial charge in [0.15, 0.2) is 0 Å². The van der Waals surface area contributed by atoms with Gasteiger partial charge < -0.3 is 14.3 Å². The number of amides is 1. The van der Waals surface area contributed by atoms with Crippen molar-refractivity contribution in [1.82, 2.24) is 34.8 Å². The first-order valence-electron chi connectivity index (χ1n) is 7.26. The Labute approximate surface area is 131 Å². The van der Waals surface area contributed by atoms with E-state index < -0.39 is 0 Å². The number of H-pyrrole nitrogens is 1. The molecular weight excluding hydrogens is 298 g/mol. The monoisotopic (exact) mass is 313 g/mol. The quantitative estimate of drug-likeness (QED) is 0.746. The maximum atomic E-state index is 12.6. The van der Waals surface area contributed by atoms with Crippen LogP contribution in [-0.4, -0.2) is 47.3 Å². The average Bonchev–Trinajstić information content (AvgIpc) is 3.26. The number of carbonyl (C=O) groups excluding carboxylic acids is 1. The van der Waals surface area contributed by atoms with Crippen molar-refractivity contribution in [3.63, 3.8) is 0 Å². The number of carbonyl (C=O) groups is 1. The molecule has 1 N–H and O–H groups in total. The smallest absolute Gasteiger partial charge is 0.311 e. The molecule has 1 aliphatic rings. The molecule has 0 saturated heterocycles. The van der Waals surface area contributed by atoms with Crippen LogP contribution in [0.15, 0.2) is 16.9 Å². The maximum absolute atomic E-state index is 12.6. The highest BCUT2D eigenvalue weighted by atomic mass is 16.4. The van der Waals surface area contributed by atoms with E-state index in [1.165, 1.54) is 0 Å². The van der Waals surface area contributed by atoms with Crippen LogP contribution in [0.25, 0.3) is 11.6 Å². The van der Waals surface area contributed by atoms with Gasteiger partial charge in [0.25, 0.3) is 5.89 Å². The molecule has 1 aliphatic heterocycles. The molecular formula is C14H15N7O2. The predicted molar refractivity (Wildman–Crippen MR) is 78.3 cm³/mol. The molecule has 9 nitrogen and oxygen atoms in total. The third-order valence-corrected chi connectivity index (χ3v) is 3.99. The molecule has 0 bridgehead atoms. The van der Waals surface area contributed by atoms with E-state index >= 15 is 0 Å². The standard InChI is InChI=1S/C14H15N7O2/c1-8-5-17-20(2)11(8)12-18-19-13(23-12)14(22)21-4-3-9-10(6-21)16-7-15-9/h5,7H,3-4,6H2,1-2H3,(H,15,16). The number of nitrogens with zero attached hydrogens (tertiary/aromatic N) is 6. The Balaban J connectivity index is 1.59. The normalized spacial score (nSPS) is 14.1. The van der Waals surface area contributed by atoms with Crippen molar-refractivity contribution in [3.05, 3.63) is 35.4 Å². The molecule has 0 aromatic carbocycles. The number of hydrogen-bond acceptors (Lipinski definition) is 6. The number of nitrogens with one attached hydrogen (secondary N) is 1. The lowest BCUT2D eigenvalue weighted by Crippen LogP contribution is -2.36. The molecule has 118 valence electrons. The van der Waals surface area contributed by atoms with Gasteiger partial charge >= 0.3 is 11.8 Å². The fraction of sp³-hybridized carbons (Fsp3) is 0.357. The molecule has 4 rings (SSSR count). The third kappa shape index (κ3) is 2.20. The molecule has 0 unspecified atom stereocenters. The minimum atomic E-state index is -0.274. The van der Waals surface area contributed by atoms with Crippen molar-refractivity contribution in [2.24, 2.45) is 7.05 Å². The summed E-state index contributed by atoms with van der Waals surface area (Å²) in [6.45, 7) is 2.95. The fourth-order valence-corrected chi connectivity index (χ4v) is 2.78. The second kappa shape index (κ2) is 5.04. The van der Waals surface area contributed by atoms with E-state index in [9.17, 15) is 4.79 Å². The number of rotatable bonds is 2. The highest BCUT2D eigenvalue weighted by molar-refractivity contribution is 5.89. The fourth-order valence-electron chi connectivity index (χ4n) is 2.78. The number of imidazole rings is 1. The van der Waals surface area contributed by atoms with Crippen LogP contribution in [0.1, 0.15) is 27.6 Å². The number of aromatic nitrogens is 6. The summed E-state index contributed by atoms with van der Waals surface area (Å²) in [5.74, 6) is 0.0116. The molecule has 0 aliphatic carbocycles. The van der Waals surface area contributed by atoms with E-state index in [4.69, 9.17) is 4.42 Å². The van der Waals surface area contributed by atoms with Crippen molar-refractivity contribution in [2.75, 3.05) is 6.54 Å². The van der Waals surface area contributed by atoms with Crippen LogP contribution in [-0.2, 0) is 20.0 Å². The van der Waals surface area contributed by atoms with Crippen LogP contribution in [0.2, 0.25) is 0 Å². The number of aryl methyl sites for hydroxylation is 2. The Morgan fingerprint density at radius 3 is 3.04 bits per heavy atom. The number of hydrogen-bond donors (Lipinski definition) is 1. The van der Waals surface area contributed by atoms with Gasteiger partial charge in [-0.1, -0.05) is 0 Å². The maximum Gasteiger partial charge on any atom is 0.311 e. The summed E-state index contributed by atoms with van der Waals surface area (Å²) in [5, 5.41) is 12.0. The van der Waals surface area contributed by atoms with E-state index in [-0.39, 0.29) is 11.8 Å². The Kier molecular flexibility index (Phi) is 3.00. The third-order valence-electron chi connectivity index (χ3n) is 3.99. The van der Waals surface area contributed by atoms with Crippen molar-refractivity contribution in [1.29, 1.82) is 0 Å². The zero-order chi connectivity index (χ0) is 16.0. The van der Waals surface area contributed by atoms with Crippen LogP contribution >= 0.6 is 0 Å². The van der Waals surface area contributed by atoms with Gasteiger partial charge in [0, 0.05) is 20.0 Å². The van der Waals surface area contributed by atoms with Crippen molar-refractivity contribution >= 4 is 5.91 Å². The topological polar surface area (TPSA) is 106 Å². The number of fused-ring (bicyclic) bond motifs is 1. The molecule has 0 spiro atoms. The SMILES string of the molecule is Cc1cnn(C)c1-c1nnc(C(=O)N2CCc3nc[nH]c3C2)o1. The Hall–Kier alpha value is -2.97. The molecule has 23 heavy (non-hydrogen) atoms. The average molecular weight is 313 g/mol. The van der Waals surface area contributed by atoms with Gasteiger partial charge in [0.2, 0.25) is 0 Å². The highest BCUT2D eigenvalue weighted by Crippen LogP contribution is 2.22. The lowest BCUT2D eigenvalue weighted by atomic mass is 10.1. The van der Waals surface area contributed by atoms with Crippen LogP contribution in [0.4, 0.5) is 0 Å². The van der Waals surface area contributed by atoms with Crippen LogP contribution in [0.3, 0.4) is 0 Å². The van der Waals surface area contributed by atoms with Gasteiger partial charge in [-0.05, 0) is 12.5 Å². The highest BCUT2D eigenvalue weighted by Gasteiger charge is 2.27.